The molecule has 0 fully saturated rings. The zero-order valence-corrected chi connectivity index (χ0v) is 22.7. The number of ether oxygens (including phenoxy) is 2. The lowest BCUT2D eigenvalue weighted by atomic mass is 9.90. The number of nitrogens with two attached hydrogens (primary N) is 2. The number of amides is 1. The van der Waals surface area contributed by atoms with Crippen LogP contribution in [0.25, 0.3) is 0 Å². The minimum atomic E-state index is -1.30. The maximum atomic E-state index is 12.2. The summed E-state index contributed by atoms with van der Waals surface area (Å²) in [4.78, 5) is 38.8. The molecule has 0 saturated carbocycles. The summed E-state index contributed by atoms with van der Waals surface area (Å²) in [5.41, 5.74) is 16.9. The normalized spacial score (nSPS) is 15.6. The van der Waals surface area contributed by atoms with Crippen molar-refractivity contribution in [1.29, 1.82) is 0 Å². The van der Waals surface area contributed by atoms with E-state index in [2.05, 4.69) is 10.3 Å². The standard InChI is InChI=1S/C27H35N5O7/c1-6-18-19-13-27(4,5)39-23(19)15(3)14(2)22(18)31-24(29)20(28)11-12-21(25(33)34)30-26(35)38-17-9-7-16(8-10-17)32(36)37/h7-10,20-21H,6,11-13,28H2,1-5H3,(H2,29,31)(H,30,35)(H,33,34)/t20?,21-/m0/s1. The highest BCUT2D eigenvalue weighted by molar-refractivity contribution is 5.89. The third-order valence-corrected chi connectivity index (χ3v) is 6.75. The van der Waals surface area contributed by atoms with Crippen molar-refractivity contribution in [2.45, 2.75) is 78.0 Å². The number of carboxylic acid groups (broad SMARTS) is 1. The number of fused-ring (bicyclic) bond motifs is 1. The summed E-state index contributed by atoms with van der Waals surface area (Å²) < 4.78 is 11.2. The number of nitro groups is 1. The minimum absolute atomic E-state index is 0.0239. The van der Waals surface area contributed by atoms with Crippen LogP contribution in [0.15, 0.2) is 29.3 Å². The molecular weight excluding hydrogens is 506 g/mol. The van der Waals surface area contributed by atoms with Crippen molar-refractivity contribution in [1.82, 2.24) is 5.32 Å². The lowest BCUT2D eigenvalue weighted by Gasteiger charge is -2.19. The number of nitrogens with one attached hydrogen (secondary N) is 1. The smallest absolute Gasteiger partial charge is 0.413 e. The second-order valence-corrected chi connectivity index (χ2v) is 10.2. The highest BCUT2D eigenvalue weighted by Crippen LogP contribution is 2.45. The fourth-order valence-corrected chi connectivity index (χ4v) is 4.55. The van der Waals surface area contributed by atoms with Gasteiger partial charge in [-0.3, -0.25) is 10.1 Å². The van der Waals surface area contributed by atoms with Gasteiger partial charge in [-0.1, -0.05) is 6.92 Å². The van der Waals surface area contributed by atoms with Gasteiger partial charge in [-0.25, -0.2) is 14.6 Å². The van der Waals surface area contributed by atoms with Crippen LogP contribution in [-0.4, -0.2) is 45.6 Å². The Balaban J connectivity index is 1.69. The topological polar surface area (TPSA) is 192 Å². The molecule has 0 radical (unpaired) electrons. The molecule has 1 aliphatic rings. The lowest BCUT2D eigenvalue weighted by molar-refractivity contribution is -0.384. The summed E-state index contributed by atoms with van der Waals surface area (Å²) in [7, 11) is 0. The van der Waals surface area contributed by atoms with Crippen molar-refractivity contribution >= 4 is 29.3 Å². The Labute approximate surface area is 226 Å². The van der Waals surface area contributed by atoms with E-state index in [4.69, 9.17) is 20.9 Å². The Morgan fingerprint density at radius 2 is 1.87 bits per heavy atom. The fraction of sp³-hybridized carbons (Fsp3) is 0.444. The van der Waals surface area contributed by atoms with E-state index in [9.17, 15) is 24.8 Å². The van der Waals surface area contributed by atoms with Crippen molar-refractivity contribution in [2.75, 3.05) is 0 Å². The summed E-state index contributed by atoms with van der Waals surface area (Å²) in [5.74, 6) is -0.203. The quantitative estimate of drug-likeness (QED) is 0.150. The molecule has 0 spiro atoms. The average molecular weight is 542 g/mol. The Morgan fingerprint density at radius 1 is 1.23 bits per heavy atom. The van der Waals surface area contributed by atoms with Crippen LogP contribution in [0.5, 0.6) is 11.5 Å². The van der Waals surface area contributed by atoms with E-state index < -0.39 is 29.1 Å². The van der Waals surface area contributed by atoms with Crippen LogP contribution in [0, 0.1) is 24.0 Å². The molecule has 1 amide bonds. The molecule has 2 aromatic carbocycles. The van der Waals surface area contributed by atoms with Gasteiger partial charge >= 0.3 is 12.1 Å². The van der Waals surface area contributed by atoms with Gasteiger partial charge in [-0.2, -0.15) is 0 Å². The van der Waals surface area contributed by atoms with Crippen LogP contribution in [0.2, 0.25) is 0 Å². The third kappa shape index (κ3) is 6.82. The second-order valence-electron chi connectivity index (χ2n) is 10.2. The Hall–Kier alpha value is -4.19. The first-order chi connectivity index (χ1) is 18.2. The number of benzene rings is 2. The largest absolute Gasteiger partial charge is 0.487 e. The van der Waals surface area contributed by atoms with Crippen molar-refractivity contribution in [3.63, 3.8) is 0 Å². The van der Waals surface area contributed by atoms with Gasteiger partial charge in [0.2, 0.25) is 0 Å². The summed E-state index contributed by atoms with van der Waals surface area (Å²) in [5, 5.41) is 22.6. The number of carbonyl (C=O) groups excluding carboxylic acids is 1. The van der Waals surface area contributed by atoms with Crippen LogP contribution >= 0.6 is 0 Å². The number of hydrogen-bond acceptors (Lipinski definition) is 8. The molecule has 0 saturated heterocycles. The molecular formula is C27H35N5O7. The van der Waals surface area contributed by atoms with Gasteiger partial charge in [-0.15, -0.1) is 0 Å². The Morgan fingerprint density at radius 3 is 2.44 bits per heavy atom. The number of rotatable bonds is 10. The van der Waals surface area contributed by atoms with Gasteiger partial charge in [0.1, 0.15) is 29.0 Å². The summed E-state index contributed by atoms with van der Waals surface area (Å²) in [6.45, 7) is 10.1. The van der Waals surface area contributed by atoms with Gasteiger partial charge in [0.05, 0.1) is 16.7 Å². The van der Waals surface area contributed by atoms with Crippen LogP contribution in [0.3, 0.4) is 0 Å². The van der Waals surface area contributed by atoms with E-state index in [0.29, 0.717) is 0 Å². The van der Waals surface area contributed by atoms with E-state index in [1.807, 2.05) is 34.6 Å². The molecule has 12 nitrogen and oxygen atoms in total. The van der Waals surface area contributed by atoms with E-state index in [1.54, 1.807) is 0 Å². The van der Waals surface area contributed by atoms with Crippen molar-refractivity contribution in [2.24, 2.45) is 16.5 Å². The summed E-state index contributed by atoms with van der Waals surface area (Å²) in [6, 6.07) is 2.75. The molecule has 39 heavy (non-hydrogen) atoms. The number of nitro benzene ring substituents is 1. The summed E-state index contributed by atoms with van der Waals surface area (Å²) >= 11 is 0. The second kappa shape index (κ2) is 11.7. The van der Waals surface area contributed by atoms with Crippen molar-refractivity contribution < 1.29 is 29.1 Å². The van der Waals surface area contributed by atoms with Crippen LogP contribution in [0.1, 0.15) is 55.9 Å². The van der Waals surface area contributed by atoms with Crippen molar-refractivity contribution in [3.05, 3.63) is 56.6 Å². The van der Waals surface area contributed by atoms with E-state index in [0.717, 1.165) is 46.5 Å². The van der Waals surface area contributed by atoms with Crippen LogP contribution < -0.4 is 26.3 Å². The molecule has 12 heteroatoms. The van der Waals surface area contributed by atoms with Gasteiger partial charge < -0.3 is 31.4 Å². The average Bonchev–Trinajstić information content (AvgIpc) is 3.20. The highest BCUT2D eigenvalue weighted by atomic mass is 16.6. The first kappa shape index (κ1) is 29.4. The number of nitrogens with zero attached hydrogens (tertiary/aromatic N) is 2. The molecule has 0 aliphatic carbocycles. The molecule has 6 N–H and O–H groups in total. The number of carbonyl (C=O) groups is 2. The molecule has 3 rings (SSSR count). The monoisotopic (exact) mass is 541 g/mol. The van der Waals surface area contributed by atoms with Gasteiger partial charge in [0.25, 0.3) is 5.69 Å². The lowest BCUT2D eigenvalue weighted by Crippen LogP contribution is -2.44. The molecule has 210 valence electrons. The number of non-ortho nitro benzene ring substituents is 1. The highest BCUT2D eigenvalue weighted by Gasteiger charge is 2.35. The van der Waals surface area contributed by atoms with Crippen LogP contribution in [0.4, 0.5) is 16.2 Å². The fourth-order valence-electron chi connectivity index (χ4n) is 4.55. The molecule has 0 bridgehead atoms. The van der Waals surface area contributed by atoms with E-state index in [1.165, 1.54) is 24.3 Å². The zero-order valence-electron chi connectivity index (χ0n) is 22.7. The number of aliphatic imine (C=N–C) groups is 1. The predicted octanol–water partition coefficient (Wildman–Crippen LogP) is 3.83. The Bertz CT molecular complexity index is 1300. The maximum Gasteiger partial charge on any atom is 0.413 e. The summed E-state index contributed by atoms with van der Waals surface area (Å²) in [6.07, 6.45) is 0.556. The minimum Gasteiger partial charge on any atom is -0.487 e. The van der Waals surface area contributed by atoms with Gasteiger partial charge in [-0.05, 0) is 75.8 Å². The number of hydrogen-bond donors (Lipinski definition) is 4. The number of amidine groups is 1. The maximum absolute atomic E-state index is 12.2. The van der Waals surface area contributed by atoms with E-state index in [-0.39, 0.29) is 35.7 Å². The van der Waals surface area contributed by atoms with Crippen molar-refractivity contribution in [3.8, 4) is 11.5 Å². The van der Waals surface area contributed by atoms with Gasteiger partial charge in [0.15, 0.2) is 0 Å². The molecule has 0 aromatic heterocycles. The van der Waals surface area contributed by atoms with Crippen LogP contribution in [-0.2, 0) is 17.6 Å². The van der Waals surface area contributed by atoms with Gasteiger partial charge in [0, 0.05) is 24.1 Å². The predicted molar refractivity (Wildman–Crippen MR) is 146 cm³/mol. The number of carboxylic acids is 1. The molecule has 2 atom stereocenters. The molecule has 1 aliphatic heterocycles. The molecule has 1 heterocycles. The first-order valence-electron chi connectivity index (χ1n) is 12.6. The zero-order chi connectivity index (χ0) is 29.1. The number of aliphatic carboxylic acids is 1. The first-order valence-corrected chi connectivity index (χ1v) is 12.6. The Kier molecular flexibility index (Phi) is 8.80. The SMILES string of the molecule is CCc1c2c(c(C)c(C)c1N=C(N)C(N)CC[C@H](NC(=O)Oc1ccc([N+](=O)[O-])cc1)C(=O)O)OC(C)(C)C2. The molecule has 2 aromatic rings. The van der Waals surface area contributed by atoms with E-state index >= 15 is 0 Å². The third-order valence-electron chi connectivity index (χ3n) is 6.75. The molecule has 1 unspecified atom stereocenters.